The quantitative estimate of drug-likeness (QED) is 0.545. The maximum atomic E-state index is 13.0. The van der Waals surface area contributed by atoms with Crippen LogP contribution in [0.4, 0.5) is 0 Å². The highest BCUT2D eigenvalue weighted by molar-refractivity contribution is 7.99. The summed E-state index contributed by atoms with van der Waals surface area (Å²) in [4.78, 5) is 36.1. The number of nitrogens with one attached hydrogen (secondary N) is 1. The lowest BCUT2D eigenvalue weighted by Crippen LogP contribution is -2.39. The normalized spacial score (nSPS) is 15.4. The number of rotatable bonds is 4. The highest BCUT2D eigenvalue weighted by Crippen LogP contribution is 2.22. The number of aromatic amines is 1. The lowest BCUT2D eigenvalue weighted by molar-refractivity contribution is -0.129. The molecule has 27 heavy (non-hydrogen) atoms. The van der Waals surface area contributed by atoms with Crippen molar-refractivity contribution < 1.29 is 4.79 Å². The number of amides is 1. The number of benzene rings is 1. The van der Waals surface area contributed by atoms with Crippen LogP contribution in [0.25, 0.3) is 16.9 Å². The van der Waals surface area contributed by atoms with Crippen LogP contribution in [0.1, 0.15) is 19.8 Å². The second-order valence-electron chi connectivity index (χ2n) is 6.71. The monoisotopic (exact) mass is 384 g/mol. The maximum Gasteiger partial charge on any atom is 0.269 e. The molecule has 3 aromatic rings. The Hall–Kier alpha value is -2.68. The van der Waals surface area contributed by atoms with Crippen LogP contribution >= 0.6 is 11.8 Å². The Balaban J connectivity index is 1.63. The van der Waals surface area contributed by atoms with E-state index in [1.54, 1.807) is 18.2 Å². The van der Waals surface area contributed by atoms with Gasteiger partial charge in [-0.2, -0.15) is 10.1 Å². The highest BCUT2D eigenvalue weighted by Gasteiger charge is 2.22. The molecule has 1 N–H and O–H groups in total. The summed E-state index contributed by atoms with van der Waals surface area (Å²) in [6.45, 7) is 3.80. The standard InChI is InChI=1S/C18H20N6O2S/c1-12-6-8-23(9-7-12)15(25)10-27-18-21-14-5-3-2-4-13(14)16(26)24(18)17-19-11-20-22-17/h2-5,11-12H,6-10H2,1H3,(H,19,20,22). The third kappa shape index (κ3) is 3.59. The van der Waals surface area contributed by atoms with E-state index in [9.17, 15) is 9.59 Å². The average molecular weight is 384 g/mol. The van der Waals surface area contributed by atoms with Crippen molar-refractivity contribution in [2.75, 3.05) is 18.8 Å². The molecular weight excluding hydrogens is 364 g/mol. The number of likely N-dealkylation sites (tertiary alicyclic amines) is 1. The molecule has 0 aliphatic carbocycles. The molecule has 9 heteroatoms. The van der Waals surface area contributed by atoms with Gasteiger partial charge in [-0.05, 0) is 30.9 Å². The molecule has 8 nitrogen and oxygen atoms in total. The first-order valence-electron chi connectivity index (χ1n) is 8.91. The third-order valence-electron chi connectivity index (χ3n) is 4.82. The molecule has 1 aliphatic rings. The first-order chi connectivity index (χ1) is 13.1. The Labute approximate surface area is 160 Å². The van der Waals surface area contributed by atoms with Gasteiger partial charge in [0.2, 0.25) is 11.9 Å². The summed E-state index contributed by atoms with van der Waals surface area (Å²) in [7, 11) is 0. The lowest BCUT2D eigenvalue weighted by Gasteiger charge is -2.30. The molecule has 1 saturated heterocycles. The van der Waals surface area contributed by atoms with Crippen LogP contribution in [0.15, 0.2) is 40.5 Å². The second-order valence-corrected chi connectivity index (χ2v) is 7.66. The molecule has 1 fully saturated rings. The van der Waals surface area contributed by atoms with E-state index in [0.717, 1.165) is 25.9 Å². The number of carbonyl (C=O) groups is 1. The number of nitrogens with zero attached hydrogens (tertiary/aromatic N) is 5. The molecule has 2 aromatic heterocycles. The molecule has 140 valence electrons. The molecule has 1 aliphatic heterocycles. The number of H-pyrrole nitrogens is 1. The fourth-order valence-electron chi connectivity index (χ4n) is 3.18. The summed E-state index contributed by atoms with van der Waals surface area (Å²) in [5.41, 5.74) is 0.360. The molecular formula is C18H20N6O2S. The van der Waals surface area contributed by atoms with Crippen molar-refractivity contribution in [1.82, 2.24) is 29.6 Å². The summed E-state index contributed by atoms with van der Waals surface area (Å²) in [5.74, 6) is 1.26. The molecule has 0 spiro atoms. The van der Waals surface area contributed by atoms with Gasteiger partial charge in [-0.25, -0.2) is 14.6 Å². The van der Waals surface area contributed by atoms with E-state index in [4.69, 9.17) is 0 Å². The predicted octanol–water partition coefficient (Wildman–Crippen LogP) is 1.85. The molecule has 0 radical (unpaired) electrons. The molecule has 0 bridgehead atoms. The number of carbonyl (C=O) groups excluding carboxylic acids is 1. The van der Waals surface area contributed by atoms with E-state index in [0.29, 0.717) is 27.9 Å². The van der Waals surface area contributed by atoms with E-state index < -0.39 is 0 Å². The highest BCUT2D eigenvalue weighted by atomic mass is 32.2. The zero-order valence-electron chi connectivity index (χ0n) is 15.0. The molecule has 1 aromatic carbocycles. The lowest BCUT2D eigenvalue weighted by atomic mass is 9.99. The van der Waals surface area contributed by atoms with Crippen molar-refractivity contribution in [2.45, 2.75) is 24.9 Å². The molecule has 1 amide bonds. The molecule has 4 rings (SSSR count). The van der Waals surface area contributed by atoms with Crippen LogP contribution in [-0.4, -0.2) is 54.4 Å². The summed E-state index contributed by atoms with van der Waals surface area (Å²) < 4.78 is 1.38. The van der Waals surface area contributed by atoms with Crippen LogP contribution in [0, 0.1) is 5.92 Å². The minimum atomic E-state index is -0.237. The fraction of sp³-hybridized carbons (Fsp3) is 0.389. The second kappa shape index (κ2) is 7.51. The summed E-state index contributed by atoms with van der Waals surface area (Å²) in [6.07, 6.45) is 3.41. The maximum absolute atomic E-state index is 13.0. The number of para-hydroxylation sites is 1. The van der Waals surface area contributed by atoms with E-state index in [2.05, 4.69) is 27.1 Å². The minimum Gasteiger partial charge on any atom is -0.342 e. The topological polar surface area (TPSA) is 96.8 Å². The Morgan fingerprint density at radius 2 is 2.07 bits per heavy atom. The van der Waals surface area contributed by atoms with Gasteiger partial charge in [0.15, 0.2) is 5.16 Å². The summed E-state index contributed by atoms with van der Waals surface area (Å²) >= 11 is 1.25. The van der Waals surface area contributed by atoms with Gasteiger partial charge < -0.3 is 4.90 Å². The Kier molecular flexibility index (Phi) is 4.93. The van der Waals surface area contributed by atoms with Crippen LogP contribution in [0.5, 0.6) is 0 Å². The van der Waals surface area contributed by atoms with Crippen LogP contribution in [0.3, 0.4) is 0 Å². The molecule has 0 atom stereocenters. The first-order valence-corrected chi connectivity index (χ1v) is 9.90. The fourth-order valence-corrected chi connectivity index (χ4v) is 4.07. The Bertz CT molecular complexity index is 1010. The van der Waals surface area contributed by atoms with Crippen molar-refractivity contribution in [1.29, 1.82) is 0 Å². The van der Waals surface area contributed by atoms with Crippen molar-refractivity contribution in [3.8, 4) is 5.95 Å². The molecule has 0 saturated carbocycles. The number of thioether (sulfide) groups is 1. The minimum absolute atomic E-state index is 0.0680. The van der Waals surface area contributed by atoms with Crippen LogP contribution in [-0.2, 0) is 4.79 Å². The molecule has 3 heterocycles. The Morgan fingerprint density at radius 1 is 1.30 bits per heavy atom. The van der Waals surface area contributed by atoms with Gasteiger partial charge in [0, 0.05) is 13.1 Å². The van der Waals surface area contributed by atoms with Gasteiger partial charge in [0.05, 0.1) is 16.7 Å². The van der Waals surface area contributed by atoms with Crippen molar-refractivity contribution in [3.63, 3.8) is 0 Å². The van der Waals surface area contributed by atoms with Gasteiger partial charge in [0.25, 0.3) is 5.56 Å². The van der Waals surface area contributed by atoms with Crippen LogP contribution in [0.2, 0.25) is 0 Å². The largest absolute Gasteiger partial charge is 0.342 e. The number of piperidine rings is 1. The van der Waals surface area contributed by atoms with Crippen molar-refractivity contribution in [3.05, 3.63) is 40.9 Å². The summed E-state index contributed by atoms with van der Waals surface area (Å²) in [6, 6.07) is 7.15. The number of hydrogen-bond donors (Lipinski definition) is 1. The van der Waals surface area contributed by atoms with E-state index >= 15 is 0 Å². The SMILES string of the molecule is CC1CCN(C(=O)CSc2nc3ccccc3c(=O)n2-c2ncn[nH]2)CC1. The van der Waals surface area contributed by atoms with Gasteiger partial charge in [-0.3, -0.25) is 9.59 Å². The first kappa shape index (κ1) is 17.7. The molecule has 0 unspecified atom stereocenters. The number of aromatic nitrogens is 5. The number of hydrogen-bond acceptors (Lipinski definition) is 6. The summed E-state index contributed by atoms with van der Waals surface area (Å²) in [5, 5.41) is 7.46. The van der Waals surface area contributed by atoms with Gasteiger partial charge in [-0.1, -0.05) is 30.8 Å². The van der Waals surface area contributed by atoms with Gasteiger partial charge in [-0.15, -0.1) is 0 Å². The van der Waals surface area contributed by atoms with Gasteiger partial charge in [0.1, 0.15) is 6.33 Å². The zero-order valence-corrected chi connectivity index (χ0v) is 15.8. The van der Waals surface area contributed by atoms with E-state index in [1.165, 1.54) is 22.7 Å². The van der Waals surface area contributed by atoms with E-state index in [1.807, 2.05) is 11.0 Å². The predicted molar refractivity (Wildman–Crippen MR) is 103 cm³/mol. The van der Waals surface area contributed by atoms with Crippen LogP contribution < -0.4 is 5.56 Å². The van der Waals surface area contributed by atoms with Gasteiger partial charge >= 0.3 is 0 Å². The van der Waals surface area contributed by atoms with Crippen molar-refractivity contribution >= 4 is 28.6 Å². The average Bonchev–Trinajstić information content (AvgIpc) is 3.21. The van der Waals surface area contributed by atoms with E-state index in [-0.39, 0.29) is 17.2 Å². The smallest absolute Gasteiger partial charge is 0.269 e. The zero-order chi connectivity index (χ0) is 18.8. The third-order valence-corrected chi connectivity index (χ3v) is 5.74. The Morgan fingerprint density at radius 3 is 2.81 bits per heavy atom. The van der Waals surface area contributed by atoms with Crippen molar-refractivity contribution in [2.24, 2.45) is 5.92 Å². The number of fused-ring (bicyclic) bond motifs is 1.